The molecule has 3 atom stereocenters. The summed E-state index contributed by atoms with van der Waals surface area (Å²) in [6.45, 7) is 1.72. The smallest absolute Gasteiger partial charge is 0.351 e. The Hall–Kier alpha value is -1.76. The number of carbonyl (C=O) groups excluding carboxylic acids is 1. The van der Waals surface area contributed by atoms with Crippen molar-refractivity contribution in [3.63, 3.8) is 0 Å². The van der Waals surface area contributed by atoms with E-state index in [0.717, 1.165) is 30.3 Å². The molecule has 1 aliphatic rings. The van der Waals surface area contributed by atoms with Crippen LogP contribution in [0.5, 0.6) is 0 Å². The first-order valence-corrected chi connectivity index (χ1v) is 11.3. The third-order valence-electron chi connectivity index (χ3n) is 5.00. The number of amides is 1. The van der Waals surface area contributed by atoms with Crippen molar-refractivity contribution >= 4 is 23.3 Å². The van der Waals surface area contributed by atoms with Gasteiger partial charge in [0.05, 0.1) is 38.1 Å². The fraction of sp³-hybridized carbons (Fsp3) is 0.750. The Balaban J connectivity index is 1.70. The molecule has 11 nitrogen and oxygen atoms in total. The zero-order chi connectivity index (χ0) is 23.3. The zero-order valence-electron chi connectivity index (χ0n) is 18.1. The highest BCUT2D eigenvalue weighted by Gasteiger charge is 2.35. The van der Waals surface area contributed by atoms with Gasteiger partial charge in [-0.05, 0) is 12.8 Å². The Kier molecular flexibility index (Phi) is 11.9. The summed E-state index contributed by atoms with van der Waals surface area (Å²) in [6, 6.07) is 0. The third-order valence-corrected chi connectivity index (χ3v) is 5.26. The molecule has 0 spiro atoms. The van der Waals surface area contributed by atoms with Crippen LogP contribution in [0.15, 0.2) is 11.0 Å². The Morgan fingerprint density at radius 1 is 1.25 bits per heavy atom. The van der Waals surface area contributed by atoms with Gasteiger partial charge in [0.15, 0.2) is 0 Å². The largest absolute Gasteiger partial charge is 0.394 e. The Labute approximate surface area is 191 Å². The average Bonchev–Trinajstić information content (AvgIpc) is 3.14. The maximum atomic E-state index is 12.4. The van der Waals surface area contributed by atoms with E-state index in [1.54, 1.807) is 0 Å². The van der Waals surface area contributed by atoms with E-state index in [4.69, 9.17) is 31.5 Å². The van der Waals surface area contributed by atoms with Crippen LogP contribution in [0.2, 0.25) is 0 Å². The van der Waals surface area contributed by atoms with E-state index in [1.165, 1.54) is 6.20 Å². The molecule has 1 aromatic rings. The molecular weight excluding hydrogens is 444 g/mol. The fourth-order valence-electron chi connectivity index (χ4n) is 3.22. The van der Waals surface area contributed by atoms with Crippen LogP contribution in [-0.4, -0.2) is 83.3 Å². The van der Waals surface area contributed by atoms with Crippen LogP contribution >= 0.6 is 11.6 Å². The molecular formula is C20H33ClN4O7. The number of anilines is 1. The SMILES string of the molecule is Nc1nc(=O)n([C@H]2CC(O)[C@@H](CO)O2)cc1C(=O)NCCOCCOCCCCCCCl. The first-order chi connectivity index (χ1) is 15.5. The van der Waals surface area contributed by atoms with Crippen LogP contribution in [-0.2, 0) is 14.2 Å². The number of rotatable bonds is 15. The van der Waals surface area contributed by atoms with Crippen molar-refractivity contribution < 1.29 is 29.2 Å². The lowest BCUT2D eigenvalue weighted by Crippen LogP contribution is -2.33. The number of nitrogen functional groups attached to an aromatic ring is 1. The number of halogens is 1. The number of ether oxygens (including phenoxy) is 3. The van der Waals surface area contributed by atoms with Crippen LogP contribution < -0.4 is 16.7 Å². The van der Waals surface area contributed by atoms with Crippen molar-refractivity contribution in [3.8, 4) is 0 Å². The summed E-state index contributed by atoms with van der Waals surface area (Å²) in [5.41, 5.74) is 5.03. The summed E-state index contributed by atoms with van der Waals surface area (Å²) in [6.07, 6.45) is 2.98. The molecule has 0 radical (unpaired) electrons. The molecule has 0 bridgehead atoms. The van der Waals surface area contributed by atoms with Crippen LogP contribution in [0.3, 0.4) is 0 Å². The van der Waals surface area contributed by atoms with Crippen LogP contribution in [0.4, 0.5) is 5.82 Å². The highest BCUT2D eigenvalue weighted by Crippen LogP contribution is 2.27. The Bertz CT molecular complexity index is 764. The van der Waals surface area contributed by atoms with Gasteiger partial charge in [0.25, 0.3) is 5.91 Å². The van der Waals surface area contributed by atoms with Gasteiger partial charge >= 0.3 is 5.69 Å². The normalized spacial score (nSPS) is 20.5. The molecule has 1 aliphatic heterocycles. The minimum Gasteiger partial charge on any atom is -0.394 e. The topological polar surface area (TPSA) is 158 Å². The monoisotopic (exact) mass is 476 g/mol. The van der Waals surface area contributed by atoms with Gasteiger partial charge in [-0.25, -0.2) is 4.79 Å². The van der Waals surface area contributed by atoms with Gasteiger partial charge < -0.3 is 35.5 Å². The van der Waals surface area contributed by atoms with Gasteiger partial charge in [0, 0.05) is 31.6 Å². The van der Waals surface area contributed by atoms with Crippen LogP contribution in [0, 0.1) is 0 Å². The highest BCUT2D eigenvalue weighted by atomic mass is 35.5. The Morgan fingerprint density at radius 2 is 1.97 bits per heavy atom. The highest BCUT2D eigenvalue weighted by molar-refractivity contribution is 6.17. The number of aliphatic hydroxyl groups excluding tert-OH is 2. The summed E-state index contributed by atoms with van der Waals surface area (Å²) in [5, 5.41) is 21.7. The minimum absolute atomic E-state index is 0.00707. The third kappa shape index (κ3) is 8.30. The standard InChI is InChI=1S/C20H33ClN4O7/c21-5-3-1-2-4-7-30-9-10-31-8-6-23-19(28)14-12-25(20(29)24-18(14)22)17-11-15(27)16(13-26)32-17/h12,15-17,26-27H,1-11,13H2,(H,23,28)(H2,22,24,29)/t15?,16-,17-/m1/s1. The van der Waals surface area contributed by atoms with E-state index in [0.29, 0.717) is 25.7 Å². The predicted molar refractivity (Wildman–Crippen MR) is 118 cm³/mol. The summed E-state index contributed by atoms with van der Waals surface area (Å²) >= 11 is 5.62. The second kappa shape index (κ2) is 14.4. The summed E-state index contributed by atoms with van der Waals surface area (Å²) in [4.78, 5) is 28.3. The van der Waals surface area contributed by atoms with Gasteiger partial charge in [0.2, 0.25) is 0 Å². The molecule has 1 aromatic heterocycles. The molecule has 1 amide bonds. The number of nitrogens with zero attached hydrogens (tertiary/aromatic N) is 2. The fourth-order valence-corrected chi connectivity index (χ4v) is 3.41. The number of hydrogen-bond donors (Lipinski definition) is 4. The lowest BCUT2D eigenvalue weighted by atomic mass is 10.2. The van der Waals surface area contributed by atoms with Crippen molar-refractivity contribution in [2.24, 2.45) is 0 Å². The quantitative estimate of drug-likeness (QED) is 0.202. The van der Waals surface area contributed by atoms with E-state index in [9.17, 15) is 19.8 Å². The molecule has 2 rings (SSSR count). The van der Waals surface area contributed by atoms with Crippen LogP contribution in [0.1, 0.15) is 48.7 Å². The number of hydrogen-bond acceptors (Lipinski definition) is 9. The molecule has 182 valence electrons. The molecule has 5 N–H and O–H groups in total. The van der Waals surface area contributed by atoms with E-state index >= 15 is 0 Å². The number of aromatic nitrogens is 2. The molecule has 0 saturated carbocycles. The number of unbranched alkanes of at least 4 members (excludes halogenated alkanes) is 3. The van der Waals surface area contributed by atoms with Crippen LogP contribution in [0.25, 0.3) is 0 Å². The molecule has 1 saturated heterocycles. The number of nitrogens with one attached hydrogen (secondary N) is 1. The minimum atomic E-state index is -0.927. The number of nitrogens with two attached hydrogens (primary N) is 1. The number of alkyl halides is 1. The molecule has 1 fully saturated rings. The van der Waals surface area contributed by atoms with Gasteiger partial charge in [-0.1, -0.05) is 12.8 Å². The van der Waals surface area contributed by atoms with E-state index in [1.807, 2.05) is 0 Å². The van der Waals surface area contributed by atoms with Crippen molar-refractivity contribution in [3.05, 3.63) is 22.2 Å². The van der Waals surface area contributed by atoms with Crippen molar-refractivity contribution in [2.75, 3.05) is 51.2 Å². The predicted octanol–water partition coefficient (Wildman–Crippen LogP) is 0.0284. The lowest BCUT2D eigenvalue weighted by molar-refractivity contribution is -0.0459. The number of carbonyl (C=O) groups is 1. The second-order valence-electron chi connectivity index (χ2n) is 7.43. The lowest BCUT2D eigenvalue weighted by Gasteiger charge is -2.16. The first-order valence-electron chi connectivity index (χ1n) is 10.8. The molecule has 32 heavy (non-hydrogen) atoms. The maximum Gasteiger partial charge on any atom is 0.351 e. The van der Waals surface area contributed by atoms with E-state index < -0.39 is 30.0 Å². The van der Waals surface area contributed by atoms with Crippen molar-refractivity contribution in [1.82, 2.24) is 14.9 Å². The molecule has 2 heterocycles. The van der Waals surface area contributed by atoms with Gasteiger partial charge in [0.1, 0.15) is 18.1 Å². The van der Waals surface area contributed by atoms with E-state index in [2.05, 4.69) is 10.3 Å². The Morgan fingerprint density at radius 3 is 2.66 bits per heavy atom. The van der Waals surface area contributed by atoms with Gasteiger partial charge in [-0.15, -0.1) is 11.6 Å². The average molecular weight is 477 g/mol. The second-order valence-corrected chi connectivity index (χ2v) is 7.81. The van der Waals surface area contributed by atoms with Gasteiger partial charge in [-0.2, -0.15) is 4.98 Å². The molecule has 1 unspecified atom stereocenters. The summed E-state index contributed by atoms with van der Waals surface area (Å²) in [5.74, 6) is -0.0262. The molecule has 0 aromatic carbocycles. The summed E-state index contributed by atoms with van der Waals surface area (Å²) in [7, 11) is 0. The maximum absolute atomic E-state index is 12.4. The zero-order valence-corrected chi connectivity index (χ0v) is 18.8. The number of aliphatic hydroxyl groups is 2. The van der Waals surface area contributed by atoms with E-state index in [-0.39, 0.29) is 37.6 Å². The van der Waals surface area contributed by atoms with Gasteiger partial charge in [-0.3, -0.25) is 9.36 Å². The summed E-state index contributed by atoms with van der Waals surface area (Å²) < 4.78 is 17.4. The van der Waals surface area contributed by atoms with Crippen molar-refractivity contribution in [1.29, 1.82) is 0 Å². The molecule has 12 heteroatoms. The van der Waals surface area contributed by atoms with Crippen molar-refractivity contribution in [2.45, 2.75) is 50.5 Å². The first kappa shape index (κ1) is 26.5. The molecule has 0 aliphatic carbocycles.